The molecule has 0 radical (unpaired) electrons. The van der Waals surface area contributed by atoms with E-state index in [1.807, 2.05) is 37.3 Å². The standard InChI is InChI=1S/C25H22BrNO5S/c1-17-7-13-22(14-8-17)33(30,31)25-23(18-5-3-2-4-6-18)15-21(16-26)32-24(25)19-9-11-20(12-10-19)27(28)29/h2-14,21,24H,15-16H2,1H3/t21-,24+/m0/s1. The van der Waals surface area contributed by atoms with Gasteiger partial charge < -0.3 is 4.74 Å². The Kier molecular flexibility index (Phi) is 6.78. The van der Waals surface area contributed by atoms with Gasteiger partial charge in [0.25, 0.3) is 5.69 Å². The van der Waals surface area contributed by atoms with Gasteiger partial charge in [-0.3, -0.25) is 10.1 Å². The molecule has 0 saturated carbocycles. The van der Waals surface area contributed by atoms with Crippen molar-refractivity contribution in [3.8, 4) is 0 Å². The first-order valence-corrected chi connectivity index (χ1v) is 13.0. The second-order valence-electron chi connectivity index (χ2n) is 7.87. The molecule has 0 aromatic heterocycles. The summed E-state index contributed by atoms with van der Waals surface area (Å²) < 4.78 is 34.2. The van der Waals surface area contributed by atoms with Crippen LogP contribution in [0.2, 0.25) is 0 Å². The first-order valence-electron chi connectivity index (χ1n) is 10.4. The van der Waals surface area contributed by atoms with E-state index < -0.39 is 20.9 Å². The number of sulfone groups is 1. The highest BCUT2D eigenvalue weighted by Crippen LogP contribution is 2.45. The average Bonchev–Trinajstić information content (AvgIpc) is 2.84. The summed E-state index contributed by atoms with van der Waals surface area (Å²) in [5.74, 6) is 0. The maximum atomic E-state index is 14.0. The lowest BCUT2D eigenvalue weighted by Crippen LogP contribution is -2.29. The molecule has 0 fully saturated rings. The second kappa shape index (κ2) is 9.59. The molecule has 33 heavy (non-hydrogen) atoms. The van der Waals surface area contributed by atoms with Gasteiger partial charge in [-0.15, -0.1) is 0 Å². The summed E-state index contributed by atoms with van der Waals surface area (Å²) in [6, 6.07) is 22.0. The Labute approximate surface area is 201 Å². The van der Waals surface area contributed by atoms with Crippen LogP contribution in [-0.2, 0) is 14.6 Å². The number of alkyl halides is 1. The van der Waals surface area contributed by atoms with Crippen molar-refractivity contribution in [2.75, 3.05) is 5.33 Å². The molecule has 6 nitrogen and oxygen atoms in total. The van der Waals surface area contributed by atoms with E-state index in [0.29, 0.717) is 22.9 Å². The summed E-state index contributed by atoms with van der Waals surface area (Å²) in [6.07, 6.45) is -0.750. The molecule has 170 valence electrons. The van der Waals surface area contributed by atoms with Crippen molar-refractivity contribution in [1.29, 1.82) is 0 Å². The Balaban J connectivity index is 1.96. The Bertz CT molecular complexity index is 1290. The Morgan fingerprint density at radius 3 is 2.21 bits per heavy atom. The zero-order valence-electron chi connectivity index (χ0n) is 17.8. The van der Waals surface area contributed by atoms with Gasteiger partial charge in [-0.25, -0.2) is 8.42 Å². The van der Waals surface area contributed by atoms with Crippen molar-refractivity contribution in [2.45, 2.75) is 30.4 Å². The van der Waals surface area contributed by atoms with Crippen molar-refractivity contribution in [2.24, 2.45) is 0 Å². The molecule has 0 amide bonds. The number of aryl methyl sites for hydroxylation is 1. The molecular formula is C25H22BrNO5S. The van der Waals surface area contributed by atoms with Crippen LogP contribution in [0.25, 0.3) is 5.57 Å². The van der Waals surface area contributed by atoms with Crippen molar-refractivity contribution in [3.05, 3.63) is 111 Å². The molecule has 0 spiro atoms. The predicted octanol–water partition coefficient (Wildman–Crippen LogP) is 6.01. The van der Waals surface area contributed by atoms with Gasteiger partial charge in [-0.2, -0.15) is 0 Å². The van der Waals surface area contributed by atoms with Crippen molar-refractivity contribution < 1.29 is 18.1 Å². The smallest absolute Gasteiger partial charge is 0.269 e. The summed E-state index contributed by atoms with van der Waals surface area (Å²) >= 11 is 3.48. The maximum Gasteiger partial charge on any atom is 0.269 e. The number of nitro groups is 1. The van der Waals surface area contributed by atoms with Crippen LogP contribution in [0.4, 0.5) is 5.69 Å². The van der Waals surface area contributed by atoms with Crippen LogP contribution in [-0.4, -0.2) is 24.8 Å². The number of nitrogens with zero attached hydrogens (tertiary/aromatic N) is 1. The number of nitro benzene ring substituents is 1. The highest BCUT2D eigenvalue weighted by atomic mass is 79.9. The summed E-state index contributed by atoms with van der Waals surface area (Å²) in [5.41, 5.74) is 2.93. The third kappa shape index (κ3) is 4.78. The number of benzene rings is 3. The lowest BCUT2D eigenvalue weighted by molar-refractivity contribution is -0.384. The largest absolute Gasteiger partial charge is 0.364 e. The molecular weight excluding hydrogens is 506 g/mol. The zero-order valence-corrected chi connectivity index (χ0v) is 20.3. The van der Waals surface area contributed by atoms with E-state index in [1.54, 1.807) is 36.4 Å². The molecule has 0 N–H and O–H groups in total. The highest BCUT2D eigenvalue weighted by Gasteiger charge is 2.39. The first kappa shape index (κ1) is 23.4. The lowest BCUT2D eigenvalue weighted by Gasteiger charge is -2.34. The number of hydrogen-bond acceptors (Lipinski definition) is 5. The maximum absolute atomic E-state index is 14.0. The molecule has 3 aromatic rings. The van der Waals surface area contributed by atoms with Gasteiger partial charge in [-0.05, 0) is 47.9 Å². The van der Waals surface area contributed by atoms with E-state index in [1.165, 1.54) is 12.1 Å². The fourth-order valence-electron chi connectivity index (χ4n) is 3.93. The van der Waals surface area contributed by atoms with E-state index in [4.69, 9.17) is 4.74 Å². The molecule has 4 rings (SSSR count). The van der Waals surface area contributed by atoms with E-state index in [0.717, 1.165) is 11.1 Å². The Morgan fingerprint density at radius 1 is 1.00 bits per heavy atom. The van der Waals surface area contributed by atoms with Crippen LogP contribution in [0.1, 0.15) is 29.2 Å². The lowest BCUT2D eigenvalue weighted by atomic mass is 9.93. The molecule has 0 saturated heterocycles. The normalized spacial score (nSPS) is 18.8. The monoisotopic (exact) mass is 527 g/mol. The van der Waals surface area contributed by atoms with Gasteiger partial charge in [0.05, 0.1) is 20.8 Å². The molecule has 8 heteroatoms. The Hall–Kier alpha value is -2.81. The van der Waals surface area contributed by atoms with Gasteiger partial charge in [0.1, 0.15) is 6.10 Å². The van der Waals surface area contributed by atoms with Crippen molar-refractivity contribution in [3.63, 3.8) is 0 Å². The number of rotatable bonds is 6. The molecule has 3 aromatic carbocycles. The molecule has 0 bridgehead atoms. The van der Waals surface area contributed by atoms with Gasteiger partial charge in [0, 0.05) is 23.9 Å². The third-order valence-electron chi connectivity index (χ3n) is 5.62. The first-order chi connectivity index (χ1) is 15.8. The van der Waals surface area contributed by atoms with Crippen LogP contribution in [0.5, 0.6) is 0 Å². The molecule has 2 atom stereocenters. The van der Waals surface area contributed by atoms with E-state index in [9.17, 15) is 18.5 Å². The van der Waals surface area contributed by atoms with Crippen LogP contribution < -0.4 is 0 Å². The van der Waals surface area contributed by atoms with Gasteiger partial charge in [0.2, 0.25) is 9.84 Å². The van der Waals surface area contributed by atoms with Crippen molar-refractivity contribution >= 4 is 37.0 Å². The molecule has 1 aliphatic rings. The van der Waals surface area contributed by atoms with E-state index >= 15 is 0 Å². The second-order valence-corrected chi connectivity index (χ2v) is 10.4. The minimum Gasteiger partial charge on any atom is -0.364 e. The van der Waals surface area contributed by atoms with E-state index in [2.05, 4.69) is 15.9 Å². The SMILES string of the molecule is Cc1ccc(S(=O)(=O)C2=C(c3ccccc3)C[C@@H](CBr)O[C@@H]2c2ccc([N+](=O)[O-])cc2)cc1. The average molecular weight is 528 g/mol. The Morgan fingerprint density at radius 2 is 1.64 bits per heavy atom. The summed E-state index contributed by atoms with van der Waals surface area (Å²) in [5, 5.41) is 11.6. The topological polar surface area (TPSA) is 86.5 Å². The molecule has 0 unspecified atom stereocenters. The van der Waals surface area contributed by atoms with Gasteiger partial charge in [-0.1, -0.05) is 64.0 Å². The summed E-state index contributed by atoms with van der Waals surface area (Å²) in [6.45, 7) is 1.90. The van der Waals surface area contributed by atoms with Crippen molar-refractivity contribution in [1.82, 2.24) is 0 Å². The summed E-state index contributed by atoms with van der Waals surface area (Å²) in [7, 11) is -3.93. The fourth-order valence-corrected chi connectivity index (χ4v) is 6.06. The van der Waals surface area contributed by atoms with Gasteiger partial charge >= 0.3 is 0 Å². The minimum atomic E-state index is -3.93. The number of ether oxygens (including phenoxy) is 1. The minimum absolute atomic E-state index is 0.0678. The quantitative estimate of drug-likeness (QED) is 0.222. The molecule has 0 aliphatic carbocycles. The molecule has 1 heterocycles. The predicted molar refractivity (Wildman–Crippen MR) is 131 cm³/mol. The number of hydrogen-bond donors (Lipinski definition) is 0. The van der Waals surface area contributed by atoms with E-state index in [-0.39, 0.29) is 21.6 Å². The fraction of sp³-hybridized carbons (Fsp3) is 0.200. The number of halogens is 1. The van der Waals surface area contributed by atoms with Crippen LogP contribution >= 0.6 is 15.9 Å². The third-order valence-corrected chi connectivity index (χ3v) is 8.27. The van der Waals surface area contributed by atoms with Crippen LogP contribution in [0, 0.1) is 17.0 Å². The van der Waals surface area contributed by atoms with Gasteiger partial charge in [0.15, 0.2) is 0 Å². The highest BCUT2D eigenvalue weighted by molar-refractivity contribution is 9.09. The van der Waals surface area contributed by atoms with Crippen LogP contribution in [0.15, 0.2) is 88.7 Å². The summed E-state index contributed by atoms with van der Waals surface area (Å²) in [4.78, 5) is 11.0. The van der Waals surface area contributed by atoms with Crippen LogP contribution in [0.3, 0.4) is 0 Å². The number of non-ortho nitro benzene ring substituents is 1. The molecule has 1 aliphatic heterocycles. The zero-order chi connectivity index (χ0) is 23.6.